The number of carbonyl (C=O) groups is 2. The Morgan fingerprint density at radius 3 is 1.88 bits per heavy atom. The van der Waals surface area contributed by atoms with Crippen LogP contribution in [-0.2, 0) is 57.0 Å². The second-order valence-corrected chi connectivity index (χ2v) is 28.2. The average Bonchev–Trinajstić information content (AvgIpc) is 0.755. The highest BCUT2D eigenvalue weighted by Gasteiger charge is 2.75. The fourth-order valence-corrected chi connectivity index (χ4v) is 17.5. The molecule has 0 aromatic heterocycles. The van der Waals surface area contributed by atoms with Crippen molar-refractivity contribution in [2.75, 3.05) is 33.0 Å². The third-order valence-electron chi connectivity index (χ3n) is 22.4. The highest BCUT2D eigenvalue weighted by Crippen LogP contribution is 2.76. The molecule has 0 bridgehead atoms. The SMILES string of the molecule is C[C@@H]1O[C@H](O[C@H]2[C@H](OC(=O)[C@@]34CCC(C)(C)C[C@@H]3C3=CC[C@H]5[C@]6(C)C[C@H](O)[C@H](O[C@@H]7O[C@H](C(=O)O)[C@@H](O)[C@H](O)[C@H]7O)[C@](C)(CO)[C@@H]6[C@@H](O)C[C@@]5(C)[C@]3(C)C[C@H]4O)OC[C@@H](O)[C@H]2O)[C@@H](O)[C@H](O)[C@H]1O[C@H]1OC[C@@H](O)[C@H](O[C@@H]2OC[C@](O)(CO)[C@H]2O)[C@H]1O. The molecule has 33 atom stereocenters. The van der Waals surface area contributed by atoms with Crippen molar-refractivity contribution in [1.29, 1.82) is 0 Å². The maximum absolute atomic E-state index is 15.4. The molecule has 5 aliphatic carbocycles. The van der Waals surface area contributed by atoms with E-state index in [1.807, 2.05) is 20.8 Å². The number of carbonyl (C=O) groups excluding carboxylic acids is 1. The van der Waals surface area contributed by atoms with Crippen LogP contribution in [0.4, 0.5) is 0 Å². The van der Waals surface area contributed by atoms with Gasteiger partial charge in [0.05, 0.1) is 63.6 Å². The van der Waals surface area contributed by atoms with Crippen molar-refractivity contribution in [2.45, 2.75) is 246 Å². The summed E-state index contributed by atoms with van der Waals surface area (Å²) in [7, 11) is 0. The zero-order chi connectivity index (χ0) is 63.1. The van der Waals surface area contributed by atoms with E-state index in [9.17, 15) is 91.6 Å². The molecule has 29 heteroatoms. The smallest absolute Gasteiger partial charge is 0.335 e. The lowest BCUT2D eigenvalue weighted by Crippen LogP contribution is -2.73. The van der Waals surface area contributed by atoms with Gasteiger partial charge in [-0.25, -0.2) is 4.79 Å². The lowest BCUT2D eigenvalue weighted by Gasteiger charge is -2.73. The minimum absolute atomic E-state index is 0.0230. The summed E-state index contributed by atoms with van der Waals surface area (Å²) in [5, 5.41) is 189. The Morgan fingerprint density at radius 2 is 1.23 bits per heavy atom. The number of carboxylic acid groups (broad SMARTS) is 1. The van der Waals surface area contributed by atoms with E-state index in [1.54, 1.807) is 6.92 Å². The van der Waals surface area contributed by atoms with Gasteiger partial charge in [-0.3, -0.25) is 4.79 Å². The van der Waals surface area contributed by atoms with Crippen LogP contribution in [-0.4, -0.2) is 285 Å². The Hall–Kier alpha value is -2.32. The Balaban J connectivity index is 0.869. The van der Waals surface area contributed by atoms with Crippen LogP contribution in [0.15, 0.2) is 11.6 Å². The third kappa shape index (κ3) is 10.5. The molecule has 9 fully saturated rings. The fourth-order valence-electron chi connectivity index (χ4n) is 17.5. The molecule has 5 heterocycles. The second kappa shape index (κ2) is 23.7. The number of ether oxygens (including phenoxy) is 10. The topological polar surface area (TPSA) is 470 Å². The summed E-state index contributed by atoms with van der Waals surface area (Å²) < 4.78 is 58.1. The number of esters is 1. The first kappa shape index (κ1) is 66.6. The molecule has 0 radical (unpaired) electrons. The molecule has 0 spiro atoms. The van der Waals surface area contributed by atoms with Crippen molar-refractivity contribution >= 4 is 11.9 Å². The first-order valence-corrected chi connectivity index (χ1v) is 29.8. The molecule has 5 saturated heterocycles. The molecule has 10 aliphatic rings. The van der Waals surface area contributed by atoms with Crippen LogP contribution in [0.25, 0.3) is 0 Å². The highest BCUT2D eigenvalue weighted by molar-refractivity contribution is 5.80. The van der Waals surface area contributed by atoms with Gasteiger partial charge in [0.25, 0.3) is 0 Å². The normalized spacial score (nSPS) is 55.4. The molecule has 0 amide bonds. The van der Waals surface area contributed by atoms with Gasteiger partial charge in [0.2, 0.25) is 6.29 Å². The van der Waals surface area contributed by atoms with Gasteiger partial charge in [0.1, 0.15) is 84.3 Å². The van der Waals surface area contributed by atoms with E-state index in [0.29, 0.717) is 19.3 Å². The van der Waals surface area contributed by atoms with E-state index in [2.05, 4.69) is 19.9 Å². The van der Waals surface area contributed by atoms with Gasteiger partial charge >= 0.3 is 11.9 Å². The van der Waals surface area contributed by atoms with Crippen LogP contribution in [0.2, 0.25) is 0 Å². The molecule has 5 aliphatic heterocycles. The first-order chi connectivity index (χ1) is 40.1. The number of aliphatic hydroxyl groups excluding tert-OH is 15. The van der Waals surface area contributed by atoms with E-state index >= 15 is 4.79 Å². The highest BCUT2D eigenvalue weighted by atomic mass is 16.8. The molecular weight excluding hydrogens is 1150 g/mol. The monoisotopic (exact) mass is 1240 g/mol. The van der Waals surface area contributed by atoms with Crippen molar-refractivity contribution in [1.82, 2.24) is 0 Å². The summed E-state index contributed by atoms with van der Waals surface area (Å²) in [5.74, 6) is -4.44. The van der Waals surface area contributed by atoms with Crippen molar-refractivity contribution in [3.8, 4) is 0 Å². The third-order valence-corrected chi connectivity index (χ3v) is 22.4. The Bertz CT molecular complexity index is 2490. The van der Waals surface area contributed by atoms with Gasteiger partial charge < -0.3 is 134 Å². The molecule has 4 saturated carbocycles. The second-order valence-electron chi connectivity index (χ2n) is 28.2. The largest absolute Gasteiger partial charge is 0.479 e. The molecule has 17 N–H and O–H groups in total. The molecular formula is C57H90O29. The van der Waals surface area contributed by atoms with Crippen LogP contribution in [0.5, 0.6) is 0 Å². The van der Waals surface area contributed by atoms with Gasteiger partial charge in [0.15, 0.2) is 37.4 Å². The van der Waals surface area contributed by atoms with Crippen LogP contribution < -0.4 is 0 Å². The molecule has 0 aromatic carbocycles. The van der Waals surface area contributed by atoms with Crippen LogP contribution >= 0.6 is 0 Å². The zero-order valence-electron chi connectivity index (χ0n) is 49.2. The molecule has 29 nitrogen and oxygen atoms in total. The lowest BCUT2D eigenvalue weighted by molar-refractivity contribution is -0.372. The summed E-state index contributed by atoms with van der Waals surface area (Å²) >= 11 is 0. The molecule has 0 unspecified atom stereocenters. The summed E-state index contributed by atoms with van der Waals surface area (Å²) in [6.45, 7) is 9.94. The number of fused-ring (bicyclic) bond motifs is 7. The quantitative estimate of drug-likeness (QED) is 0.0465. The molecule has 492 valence electrons. The number of rotatable bonds is 13. The summed E-state index contributed by atoms with van der Waals surface area (Å²) in [6, 6.07) is 0. The van der Waals surface area contributed by atoms with Gasteiger partial charge in [-0.2, -0.15) is 0 Å². The lowest BCUT2D eigenvalue weighted by atomic mass is 9.32. The van der Waals surface area contributed by atoms with E-state index in [4.69, 9.17) is 47.4 Å². The minimum Gasteiger partial charge on any atom is -0.479 e. The standard InChI is InChI=1S/C57H90O29/c1-21-37(81-45-36(71)38(27(63)17-77-45)82-49-42(72)56(76,19-59)20-79-49)33(68)35(70)46(80-21)84-40-30(65)26(62)16-78-48(40)86-50(75)57-11-10-51(2,3)12-23(57)22-8-9-28-52(4)13-25(61)43(85-47-34(69)31(66)32(67)39(83-47)44(73)74)53(5,18-58)41(52)24(60)14-55(28,7)54(22,6)15-29(57)64/h8,21,23-43,45-49,58-72,76H,9-20H2,1-7H3,(H,73,74)/t21-,23+,24-,25-,26+,27+,28-,29+,30+,31-,32-,33-,34+,35-,36+,37-,38-,39-,40+,41+,42-,43-,45+,46+,47-,48-,49-,52-,53+,54+,55+,56+,57-/m0/s1. The van der Waals surface area contributed by atoms with Gasteiger partial charge in [-0.05, 0) is 85.4 Å². The fraction of sp³-hybridized carbons (Fsp3) is 0.930. The number of allylic oxidation sites excluding steroid dienone is 2. The van der Waals surface area contributed by atoms with Gasteiger partial charge in [0, 0.05) is 11.3 Å². The number of aliphatic carboxylic acids is 1. The van der Waals surface area contributed by atoms with Crippen LogP contribution in [0.1, 0.15) is 93.4 Å². The number of aliphatic hydroxyl groups is 16. The van der Waals surface area contributed by atoms with Gasteiger partial charge in [-0.15, -0.1) is 0 Å². The summed E-state index contributed by atoms with van der Waals surface area (Å²) in [5.41, 5.74) is -7.61. The molecule has 0 aromatic rings. The number of hydrogen-bond donors (Lipinski definition) is 17. The van der Waals surface area contributed by atoms with Crippen molar-refractivity contribution in [2.24, 2.45) is 50.2 Å². The number of carboxylic acids is 1. The minimum atomic E-state index is -2.08. The average molecular weight is 1240 g/mol. The Kier molecular flexibility index (Phi) is 18.3. The molecule has 10 rings (SSSR count). The van der Waals surface area contributed by atoms with Gasteiger partial charge in [-0.1, -0.05) is 53.2 Å². The van der Waals surface area contributed by atoms with E-state index in [-0.39, 0.29) is 31.6 Å². The van der Waals surface area contributed by atoms with E-state index < -0.39 is 242 Å². The summed E-state index contributed by atoms with van der Waals surface area (Å²) in [6.07, 6.45) is -37.4. The van der Waals surface area contributed by atoms with Crippen molar-refractivity contribution in [3.63, 3.8) is 0 Å². The Morgan fingerprint density at radius 1 is 0.605 bits per heavy atom. The summed E-state index contributed by atoms with van der Waals surface area (Å²) in [4.78, 5) is 27.4. The first-order valence-electron chi connectivity index (χ1n) is 29.8. The Labute approximate surface area is 495 Å². The maximum Gasteiger partial charge on any atom is 0.335 e. The van der Waals surface area contributed by atoms with Crippen LogP contribution in [0.3, 0.4) is 0 Å². The van der Waals surface area contributed by atoms with E-state index in [1.165, 1.54) is 6.92 Å². The number of hydrogen-bond acceptors (Lipinski definition) is 28. The van der Waals surface area contributed by atoms with E-state index in [0.717, 1.165) is 5.57 Å². The van der Waals surface area contributed by atoms with Crippen molar-refractivity contribution < 1.29 is 144 Å². The predicted molar refractivity (Wildman–Crippen MR) is 282 cm³/mol. The van der Waals surface area contributed by atoms with Crippen LogP contribution in [0, 0.1) is 50.2 Å². The maximum atomic E-state index is 15.4. The zero-order valence-corrected chi connectivity index (χ0v) is 49.2. The van der Waals surface area contributed by atoms with Crippen molar-refractivity contribution in [3.05, 3.63) is 11.6 Å². The predicted octanol–water partition coefficient (Wildman–Crippen LogP) is -5.29. The molecule has 86 heavy (non-hydrogen) atoms.